The van der Waals surface area contributed by atoms with E-state index in [1.54, 1.807) is 14.2 Å². The van der Waals surface area contributed by atoms with E-state index in [1.807, 2.05) is 24.3 Å². The number of ether oxygens (including phenoxy) is 2. The number of morpholine rings is 1. The number of alkyl halides is 3. The Labute approximate surface area is 170 Å². The summed E-state index contributed by atoms with van der Waals surface area (Å²) < 4.78 is 47.4. The van der Waals surface area contributed by atoms with Crippen LogP contribution in [0.4, 0.5) is 13.2 Å². The molecule has 1 aromatic rings. The molecule has 1 unspecified atom stereocenters. The molecule has 1 heterocycles. The molecule has 0 saturated carbocycles. The van der Waals surface area contributed by atoms with Gasteiger partial charge in [0.15, 0.2) is 5.96 Å². The Morgan fingerprint density at radius 3 is 2.45 bits per heavy atom. The minimum absolute atomic E-state index is 0.107. The number of nitrogens with zero attached hydrogens (tertiary/aromatic N) is 2. The van der Waals surface area contributed by atoms with Crippen molar-refractivity contribution in [3.8, 4) is 5.75 Å². The van der Waals surface area contributed by atoms with Crippen molar-refractivity contribution in [2.75, 3.05) is 53.6 Å². The lowest BCUT2D eigenvalue weighted by Gasteiger charge is -2.35. The molecule has 1 aliphatic rings. The van der Waals surface area contributed by atoms with E-state index in [0.29, 0.717) is 38.7 Å². The molecule has 1 atom stereocenters. The van der Waals surface area contributed by atoms with Crippen LogP contribution in [0.25, 0.3) is 0 Å². The summed E-state index contributed by atoms with van der Waals surface area (Å²) in [5, 5.41) is 6.40. The van der Waals surface area contributed by atoms with Crippen LogP contribution in [0.1, 0.15) is 30.9 Å². The van der Waals surface area contributed by atoms with E-state index in [9.17, 15) is 13.2 Å². The van der Waals surface area contributed by atoms with Crippen LogP contribution in [0.5, 0.6) is 5.75 Å². The second kappa shape index (κ2) is 11.9. The van der Waals surface area contributed by atoms with Gasteiger partial charge in [-0.2, -0.15) is 13.2 Å². The third-order valence-corrected chi connectivity index (χ3v) is 4.85. The highest BCUT2D eigenvalue weighted by molar-refractivity contribution is 5.79. The van der Waals surface area contributed by atoms with Gasteiger partial charge in [-0.25, -0.2) is 0 Å². The Kier molecular flexibility index (Phi) is 9.53. The molecule has 2 N–H and O–H groups in total. The average Bonchev–Trinajstić information content (AvgIpc) is 2.72. The third-order valence-electron chi connectivity index (χ3n) is 4.85. The molecular formula is C20H31F3N4O2. The highest BCUT2D eigenvalue weighted by atomic mass is 19.4. The Morgan fingerprint density at radius 1 is 1.17 bits per heavy atom. The number of methoxy groups -OCH3 is 1. The summed E-state index contributed by atoms with van der Waals surface area (Å²) in [6.45, 7) is 4.12. The monoisotopic (exact) mass is 416 g/mol. The lowest BCUT2D eigenvalue weighted by Crippen LogP contribution is -2.46. The van der Waals surface area contributed by atoms with Crippen LogP contribution in [-0.4, -0.2) is 70.6 Å². The van der Waals surface area contributed by atoms with Gasteiger partial charge in [0, 0.05) is 39.6 Å². The number of benzene rings is 1. The lowest BCUT2D eigenvalue weighted by molar-refractivity contribution is -0.135. The Hall–Kier alpha value is -2.00. The largest absolute Gasteiger partial charge is 0.497 e. The summed E-state index contributed by atoms with van der Waals surface area (Å²) in [7, 11) is 3.29. The highest BCUT2D eigenvalue weighted by Gasteiger charge is 2.26. The first-order chi connectivity index (χ1) is 13.9. The number of halogens is 3. The smallest absolute Gasteiger partial charge is 0.389 e. The molecule has 29 heavy (non-hydrogen) atoms. The van der Waals surface area contributed by atoms with Gasteiger partial charge in [-0.15, -0.1) is 0 Å². The molecule has 0 bridgehead atoms. The van der Waals surface area contributed by atoms with Crippen molar-refractivity contribution in [2.24, 2.45) is 4.99 Å². The van der Waals surface area contributed by atoms with Crippen LogP contribution < -0.4 is 15.4 Å². The Balaban J connectivity index is 1.89. The minimum atomic E-state index is -4.09. The van der Waals surface area contributed by atoms with Crippen LogP contribution in [0, 0.1) is 0 Å². The Morgan fingerprint density at radius 2 is 1.86 bits per heavy atom. The number of rotatable bonds is 9. The van der Waals surface area contributed by atoms with Crippen LogP contribution in [0.15, 0.2) is 29.3 Å². The predicted molar refractivity (Wildman–Crippen MR) is 107 cm³/mol. The quantitative estimate of drug-likeness (QED) is 0.368. The molecule has 1 aromatic carbocycles. The van der Waals surface area contributed by atoms with Gasteiger partial charge in [-0.3, -0.25) is 9.89 Å². The molecule has 164 valence electrons. The molecule has 0 amide bonds. The molecule has 2 rings (SSSR count). The number of aliphatic imine (C=N–C) groups is 1. The first kappa shape index (κ1) is 23.3. The molecule has 0 spiro atoms. The highest BCUT2D eigenvalue weighted by Crippen LogP contribution is 2.24. The van der Waals surface area contributed by atoms with Gasteiger partial charge in [0.25, 0.3) is 0 Å². The van der Waals surface area contributed by atoms with Gasteiger partial charge >= 0.3 is 6.18 Å². The molecule has 9 heteroatoms. The molecule has 0 radical (unpaired) electrons. The van der Waals surface area contributed by atoms with Crippen LogP contribution in [0.2, 0.25) is 0 Å². The van der Waals surface area contributed by atoms with E-state index >= 15 is 0 Å². The SMILES string of the molecule is CN=C(NCCCCC(F)(F)F)NCC(c1ccc(OC)cc1)N1CCOCC1. The second-order valence-electron chi connectivity index (χ2n) is 6.89. The van der Waals surface area contributed by atoms with E-state index < -0.39 is 12.6 Å². The fourth-order valence-corrected chi connectivity index (χ4v) is 3.24. The third kappa shape index (κ3) is 8.49. The van der Waals surface area contributed by atoms with Gasteiger partial charge in [0.05, 0.1) is 26.4 Å². The van der Waals surface area contributed by atoms with Gasteiger partial charge in [0.2, 0.25) is 0 Å². The zero-order chi connectivity index (χ0) is 21.1. The van der Waals surface area contributed by atoms with Crippen molar-refractivity contribution >= 4 is 5.96 Å². The lowest BCUT2D eigenvalue weighted by atomic mass is 10.0. The average molecular weight is 416 g/mol. The maximum absolute atomic E-state index is 12.2. The number of nitrogens with one attached hydrogen (secondary N) is 2. The van der Waals surface area contributed by atoms with Crippen molar-refractivity contribution in [2.45, 2.75) is 31.5 Å². The van der Waals surface area contributed by atoms with Gasteiger partial charge in [-0.1, -0.05) is 12.1 Å². The summed E-state index contributed by atoms with van der Waals surface area (Å²) in [5.74, 6) is 1.39. The van der Waals surface area contributed by atoms with Crippen LogP contribution in [-0.2, 0) is 4.74 Å². The number of hydrogen-bond donors (Lipinski definition) is 2. The summed E-state index contributed by atoms with van der Waals surface area (Å²) in [6, 6.07) is 8.10. The summed E-state index contributed by atoms with van der Waals surface area (Å²) in [4.78, 5) is 6.54. The zero-order valence-corrected chi connectivity index (χ0v) is 17.1. The summed E-state index contributed by atoms with van der Waals surface area (Å²) in [6.07, 6.45) is -4.30. The van der Waals surface area contributed by atoms with Crippen molar-refractivity contribution in [3.63, 3.8) is 0 Å². The fraction of sp³-hybridized carbons (Fsp3) is 0.650. The molecule has 1 fully saturated rings. The van der Waals surface area contributed by atoms with Gasteiger partial charge in [-0.05, 0) is 30.5 Å². The molecule has 6 nitrogen and oxygen atoms in total. The maximum Gasteiger partial charge on any atom is 0.389 e. The first-order valence-corrected chi connectivity index (χ1v) is 9.90. The molecule has 0 aliphatic carbocycles. The van der Waals surface area contributed by atoms with Gasteiger partial charge in [0.1, 0.15) is 5.75 Å². The predicted octanol–water partition coefficient (Wildman–Crippen LogP) is 2.97. The van der Waals surface area contributed by atoms with Crippen molar-refractivity contribution in [3.05, 3.63) is 29.8 Å². The number of unbranched alkanes of at least 4 members (excludes halogenated alkanes) is 1. The van der Waals surface area contributed by atoms with E-state index in [4.69, 9.17) is 9.47 Å². The topological polar surface area (TPSA) is 58.1 Å². The molecular weight excluding hydrogens is 385 g/mol. The molecule has 1 aliphatic heterocycles. The number of guanidine groups is 1. The standard InChI is InChI=1S/C20H31F3N4O2/c1-24-19(25-10-4-3-9-20(21,22)23)26-15-18(27-11-13-29-14-12-27)16-5-7-17(28-2)8-6-16/h5-8,18H,3-4,9-15H2,1-2H3,(H2,24,25,26). The van der Waals surface area contributed by atoms with Crippen LogP contribution >= 0.6 is 0 Å². The molecule has 0 aromatic heterocycles. The second-order valence-corrected chi connectivity index (χ2v) is 6.89. The maximum atomic E-state index is 12.2. The normalized spacial score (nSPS) is 17.1. The minimum Gasteiger partial charge on any atom is -0.497 e. The summed E-state index contributed by atoms with van der Waals surface area (Å²) >= 11 is 0. The summed E-state index contributed by atoms with van der Waals surface area (Å²) in [5.41, 5.74) is 1.15. The van der Waals surface area contributed by atoms with Crippen molar-refractivity contribution in [1.29, 1.82) is 0 Å². The van der Waals surface area contributed by atoms with E-state index in [2.05, 4.69) is 20.5 Å². The van der Waals surface area contributed by atoms with Crippen LogP contribution in [0.3, 0.4) is 0 Å². The van der Waals surface area contributed by atoms with E-state index in [0.717, 1.165) is 24.4 Å². The molecule has 1 saturated heterocycles. The van der Waals surface area contributed by atoms with E-state index in [-0.39, 0.29) is 12.5 Å². The fourth-order valence-electron chi connectivity index (χ4n) is 3.24. The van der Waals surface area contributed by atoms with Crippen molar-refractivity contribution < 1.29 is 22.6 Å². The van der Waals surface area contributed by atoms with Crippen molar-refractivity contribution in [1.82, 2.24) is 15.5 Å². The number of hydrogen-bond acceptors (Lipinski definition) is 4. The Bertz CT molecular complexity index is 617. The zero-order valence-electron chi connectivity index (χ0n) is 17.1. The van der Waals surface area contributed by atoms with E-state index in [1.165, 1.54) is 0 Å². The first-order valence-electron chi connectivity index (χ1n) is 9.90. The van der Waals surface area contributed by atoms with Gasteiger partial charge < -0.3 is 20.1 Å².